The van der Waals surface area contributed by atoms with Gasteiger partial charge in [-0.3, -0.25) is 4.79 Å². The smallest absolute Gasteiger partial charge is 0.261 e. The standard InChI is InChI=1S/C21H17ClN4OS/c1-13-11-14(2)26-20(24-13)17(12-23-26)21(27)25-18-5-3-4-6-19(18)28-16-9-7-15(22)8-10-16/h3-12H,1-2H3,(H,25,27). The van der Waals surface area contributed by atoms with E-state index in [0.29, 0.717) is 16.2 Å². The largest absolute Gasteiger partial charge is 0.321 e. The van der Waals surface area contributed by atoms with Crippen molar-refractivity contribution in [3.8, 4) is 0 Å². The Morgan fingerprint density at radius 3 is 2.64 bits per heavy atom. The van der Waals surface area contributed by atoms with Crippen LogP contribution in [0.4, 0.5) is 5.69 Å². The van der Waals surface area contributed by atoms with Crippen LogP contribution in [-0.4, -0.2) is 20.5 Å². The number of fused-ring (bicyclic) bond motifs is 1. The van der Waals surface area contributed by atoms with Gasteiger partial charge in [0.25, 0.3) is 5.91 Å². The maximum absolute atomic E-state index is 12.9. The lowest BCUT2D eigenvalue weighted by Crippen LogP contribution is -2.13. The summed E-state index contributed by atoms with van der Waals surface area (Å²) in [6.07, 6.45) is 1.55. The predicted octanol–water partition coefficient (Wildman–Crippen LogP) is 5.40. The minimum absolute atomic E-state index is 0.239. The van der Waals surface area contributed by atoms with Crippen LogP contribution in [0.2, 0.25) is 5.02 Å². The summed E-state index contributed by atoms with van der Waals surface area (Å²) in [7, 11) is 0. The molecule has 5 nitrogen and oxygen atoms in total. The lowest BCUT2D eigenvalue weighted by Gasteiger charge is -2.10. The highest BCUT2D eigenvalue weighted by atomic mass is 35.5. The summed E-state index contributed by atoms with van der Waals surface area (Å²) in [6.45, 7) is 3.84. The molecule has 0 saturated carbocycles. The number of hydrogen-bond donors (Lipinski definition) is 1. The molecule has 2 aromatic carbocycles. The van der Waals surface area contributed by atoms with E-state index in [4.69, 9.17) is 11.6 Å². The topological polar surface area (TPSA) is 59.3 Å². The van der Waals surface area contributed by atoms with Gasteiger partial charge >= 0.3 is 0 Å². The van der Waals surface area contributed by atoms with Crippen LogP contribution in [-0.2, 0) is 0 Å². The molecule has 0 spiro atoms. The van der Waals surface area contributed by atoms with Gasteiger partial charge < -0.3 is 5.32 Å². The molecule has 0 aliphatic heterocycles. The van der Waals surface area contributed by atoms with Crippen LogP contribution in [0.15, 0.2) is 70.6 Å². The van der Waals surface area contributed by atoms with Gasteiger partial charge in [0.1, 0.15) is 5.56 Å². The SMILES string of the molecule is Cc1cc(C)n2ncc(C(=O)Nc3ccccc3Sc3ccc(Cl)cc3)c2n1. The molecular formula is C21H17ClN4OS. The molecular weight excluding hydrogens is 392 g/mol. The molecule has 7 heteroatoms. The van der Waals surface area contributed by atoms with Crippen LogP contribution in [0.3, 0.4) is 0 Å². The minimum atomic E-state index is -0.239. The van der Waals surface area contributed by atoms with Crippen LogP contribution in [0, 0.1) is 13.8 Å². The molecule has 0 aliphatic rings. The second kappa shape index (κ2) is 7.66. The molecule has 0 saturated heterocycles. The van der Waals surface area contributed by atoms with Gasteiger partial charge in [0, 0.05) is 26.2 Å². The number of nitrogens with one attached hydrogen (secondary N) is 1. The number of para-hydroxylation sites is 1. The third kappa shape index (κ3) is 3.74. The van der Waals surface area contributed by atoms with E-state index < -0.39 is 0 Å². The van der Waals surface area contributed by atoms with E-state index >= 15 is 0 Å². The van der Waals surface area contributed by atoms with Crippen LogP contribution in [0.25, 0.3) is 5.65 Å². The van der Waals surface area contributed by atoms with Crippen molar-refractivity contribution in [3.63, 3.8) is 0 Å². The first kappa shape index (κ1) is 18.5. The summed E-state index contributed by atoms with van der Waals surface area (Å²) in [5.41, 5.74) is 3.51. The van der Waals surface area contributed by atoms with Gasteiger partial charge in [-0.2, -0.15) is 5.10 Å². The van der Waals surface area contributed by atoms with Gasteiger partial charge in [-0.25, -0.2) is 9.50 Å². The first-order valence-corrected chi connectivity index (χ1v) is 9.86. The van der Waals surface area contributed by atoms with E-state index in [9.17, 15) is 4.79 Å². The number of halogens is 1. The Morgan fingerprint density at radius 1 is 1.11 bits per heavy atom. The van der Waals surface area contributed by atoms with E-state index in [0.717, 1.165) is 26.9 Å². The number of amides is 1. The lowest BCUT2D eigenvalue weighted by atomic mass is 10.2. The zero-order chi connectivity index (χ0) is 19.7. The van der Waals surface area contributed by atoms with Crippen molar-refractivity contribution in [1.82, 2.24) is 14.6 Å². The average Bonchev–Trinajstić information content (AvgIpc) is 3.09. The van der Waals surface area contributed by atoms with Crippen LogP contribution < -0.4 is 5.32 Å². The summed E-state index contributed by atoms with van der Waals surface area (Å²) >= 11 is 7.52. The molecule has 0 aliphatic carbocycles. The number of hydrogen-bond acceptors (Lipinski definition) is 4. The maximum Gasteiger partial charge on any atom is 0.261 e. The van der Waals surface area contributed by atoms with Gasteiger partial charge in [0.2, 0.25) is 0 Å². The molecule has 1 N–H and O–H groups in total. The lowest BCUT2D eigenvalue weighted by molar-refractivity contribution is 0.102. The predicted molar refractivity (Wildman–Crippen MR) is 112 cm³/mol. The molecule has 0 radical (unpaired) electrons. The van der Waals surface area contributed by atoms with Crippen LogP contribution >= 0.6 is 23.4 Å². The molecule has 1 amide bonds. The third-order valence-electron chi connectivity index (χ3n) is 4.20. The van der Waals surface area contributed by atoms with Gasteiger partial charge in [-0.05, 0) is 56.3 Å². The number of aryl methyl sites for hydroxylation is 2. The minimum Gasteiger partial charge on any atom is -0.321 e. The number of rotatable bonds is 4. The Labute approximate surface area is 171 Å². The molecule has 0 bridgehead atoms. The molecule has 28 heavy (non-hydrogen) atoms. The normalized spacial score (nSPS) is 11.0. The molecule has 2 aromatic heterocycles. The first-order chi connectivity index (χ1) is 13.5. The number of benzene rings is 2. The van der Waals surface area contributed by atoms with Crippen molar-refractivity contribution in [2.45, 2.75) is 23.6 Å². The zero-order valence-corrected chi connectivity index (χ0v) is 16.9. The molecule has 0 fully saturated rings. The Kier molecular flexibility index (Phi) is 5.07. The summed E-state index contributed by atoms with van der Waals surface area (Å²) in [5, 5.41) is 7.98. The summed E-state index contributed by atoms with van der Waals surface area (Å²) in [6, 6.07) is 17.2. The fourth-order valence-electron chi connectivity index (χ4n) is 2.91. The molecule has 0 unspecified atom stereocenters. The average molecular weight is 409 g/mol. The highest BCUT2D eigenvalue weighted by Crippen LogP contribution is 2.34. The Balaban J connectivity index is 1.63. The zero-order valence-electron chi connectivity index (χ0n) is 15.3. The quantitative estimate of drug-likeness (QED) is 0.491. The van der Waals surface area contributed by atoms with Gasteiger partial charge in [0.15, 0.2) is 5.65 Å². The van der Waals surface area contributed by atoms with Crippen LogP contribution in [0.1, 0.15) is 21.7 Å². The van der Waals surface area contributed by atoms with Crippen molar-refractivity contribution >= 4 is 40.6 Å². The third-order valence-corrected chi connectivity index (χ3v) is 5.54. The molecule has 140 valence electrons. The van der Waals surface area contributed by atoms with Crippen molar-refractivity contribution < 1.29 is 4.79 Å². The fraction of sp³-hybridized carbons (Fsp3) is 0.0952. The van der Waals surface area contributed by atoms with Crippen LogP contribution in [0.5, 0.6) is 0 Å². The van der Waals surface area contributed by atoms with Gasteiger partial charge in [-0.1, -0.05) is 35.5 Å². The fourth-order valence-corrected chi connectivity index (χ4v) is 3.94. The van der Waals surface area contributed by atoms with E-state index in [1.807, 2.05) is 68.4 Å². The molecule has 4 rings (SSSR count). The van der Waals surface area contributed by atoms with Crippen molar-refractivity contribution in [2.24, 2.45) is 0 Å². The van der Waals surface area contributed by atoms with E-state index in [1.54, 1.807) is 22.5 Å². The highest BCUT2D eigenvalue weighted by molar-refractivity contribution is 7.99. The van der Waals surface area contributed by atoms with Crippen molar-refractivity contribution in [2.75, 3.05) is 5.32 Å². The first-order valence-electron chi connectivity index (χ1n) is 8.67. The second-order valence-electron chi connectivity index (χ2n) is 6.34. The van der Waals surface area contributed by atoms with E-state index in [1.165, 1.54) is 0 Å². The van der Waals surface area contributed by atoms with Crippen molar-refractivity contribution in [1.29, 1.82) is 0 Å². The summed E-state index contributed by atoms with van der Waals surface area (Å²) < 4.78 is 1.68. The summed E-state index contributed by atoms with van der Waals surface area (Å²) in [4.78, 5) is 19.4. The molecule has 4 aromatic rings. The maximum atomic E-state index is 12.9. The Hall–Kier alpha value is -2.83. The van der Waals surface area contributed by atoms with E-state index in [-0.39, 0.29) is 5.91 Å². The highest BCUT2D eigenvalue weighted by Gasteiger charge is 2.17. The van der Waals surface area contributed by atoms with Gasteiger partial charge in [-0.15, -0.1) is 0 Å². The second-order valence-corrected chi connectivity index (χ2v) is 7.89. The summed E-state index contributed by atoms with van der Waals surface area (Å²) in [5.74, 6) is -0.239. The molecule has 2 heterocycles. The number of nitrogens with zero attached hydrogens (tertiary/aromatic N) is 3. The number of carbonyl (C=O) groups excluding carboxylic acids is 1. The monoisotopic (exact) mass is 408 g/mol. The Morgan fingerprint density at radius 2 is 1.86 bits per heavy atom. The number of aromatic nitrogens is 3. The van der Waals surface area contributed by atoms with Gasteiger partial charge in [0.05, 0.1) is 11.9 Å². The van der Waals surface area contributed by atoms with Crippen molar-refractivity contribution in [3.05, 3.63) is 82.8 Å². The number of anilines is 1. The number of carbonyl (C=O) groups is 1. The molecule has 0 atom stereocenters. The Bertz CT molecular complexity index is 1170. The van der Waals surface area contributed by atoms with E-state index in [2.05, 4.69) is 15.4 Å².